The van der Waals surface area contributed by atoms with Crippen molar-refractivity contribution in [3.8, 4) is 0 Å². The first-order valence-corrected chi connectivity index (χ1v) is 6.78. The Balaban J connectivity index is 3.22. The number of rotatable bonds is 4. The Kier molecular flexibility index (Phi) is 3.70. The number of hydrogen-bond acceptors (Lipinski definition) is 3. The summed E-state index contributed by atoms with van der Waals surface area (Å²) >= 11 is 0. The van der Waals surface area contributed by atoms with Crippen LogP contribution in [0.25, 0.3) is 0 Å². The molecule has 0 spiro atoms. The minimum atomic E-state index is -3.29. The topological polar surface area (TPSA) is 71.4 Å². The van der Waals surface area contributed by atoms with E-state index in [1.54, 1.807) is 19.1 Å². The van der Waals surface area contributed by atoms with Crippen molar-refractivity contribution >= 4 is 15.8 Å². The van der Waals surface area contributed by atoms with Crippen molar-refractivity contribution in [3.63, 3.8) is 0 Å². The van der Waals surface area contributed by atoms with Crippen molar-refractivity contribution in [2.45, 2.75) is 24.2 Å². The summed E-state index contributed by atoms with van der Waals surface area (Å²) in [7, 11) is -3.29. The zero-order valence-corrected chi connectivity index (χ0v) is 9.99. The number of sulfone groups is 1. The van der Waals surface area contributed by atoms with Gasteiger partial charge in [-0.2, -0.15) is 0 Å². The first kappa shape index (κ1) is 12.7. The average molecular weight is 242 g/mol. The van der Waals surface area contributed by atoms with Gasteiger partial charge in [0.1, 0.15) is 0 Å². The lowest BCUT2D eigenvalue weighted by Gasteiger charge is -2.10. The highest BCUT2D eigenvalue weighted by Gasteiger charge is 2.19. The van der Waals surface area contributed by atoms with Crippen molar-refractivity contribution in [1.82, 2.24) is 0 Å². The van der Waals surface area contributed by atoms with E-state index in [0.29, 0.717) is 12.0 Å². The van der Waals surface area contributed by atoms with Gasteiger partial charge in [-0.1, -0.05) is 19.1 Å². The Morgan fingerprint density at radius 2 is 2.06 bits per heavy atom. The van der Waals surface area contributed by atoms with Gasteiger partial charge in [-0.3, -0.25) is 4.79 Å². The molecule has 0 saturated heterocycles. The standard InChI is InChI=1S/C11H14O4S/c1-3-10(11(12)13)8-5-4-6-9(7-8)16(2,14)15/h4-7,10H,3H2,1-2H3,(H,12,13). The monoisotopic (exact) mass is 242 g/mol. The lowest BCUT2D eigenvalue weighted by Crippen LogP contribution is -2.11. The van der Waals surface area contributed by atoms with E-state index < -0.39 is 21.7 Å². The first-order chi connectivity index (χ1) is 7.36. The lowest BCUT2D eigenvalue weighted by molar-refractivity contribution is -0.138. The predicted octanol–water partition coefficient (Wildman–Crippen LogP) is 1.67. The summed E-state index contributed by atoms with van der Waals surface area (Å²) in [5.74, 6) is -1.59. The van der Waals surface area contributed by atoms with Gasteiger partial charge in [0.15, 0.2) is 9.84 Å². The molecule has 0 bridgehead atoms. The molecule has 0 saturated carbocycles. The molecule has 0 aliphatic carbocycles. The molecule has 0 aliphatic rings. The molecule has 0 heterocycles. The molecular weight excluding hydrogens is 228 g/mol. The molecule has 1 aromatic rings. The normalized spacial score (nSPS) is 13.4. The second-order valence-corrected chi connectivity index (χ2v) is 5.66. The van der Waals surface area contributed by atoms with E-state index in [9.17, 15) is 13.2 Å². The summed E-state index contributed by atoms with van der Waals surface area (Å²) in [6.45, 7) is 1.76. The Labute approximate surface area is 94.8 Å². The molecule has 0 fully saturated rings. The molecule has 1 aromatic carbocycles. The van der Waals surface area contributed by atoms with E-state index >= 15 is 0 Å². The molecule has 4 nitrogen and oxygen atoms in total. The van der Waals surface area contributed by atoms with Crippen LogP contribution in [0.5, 0.6) is 0 Å². The molecule has 1 N–H and O–H groups in total. The lowest BCUT2D eigenvalue weighted by atomic mass is 9.97. The maximum absolute atomic E-state index is 11.3. The largest absolute Gasteiger partial charge is 0.481 e. The highest BCUT2D eigenvalue weighted by molar-refractivity contribution is 7.90. The van der Waals surface area contributed by atoms with Crippen LogP contribution in [0.3, 0.4) is 0 Å². The van der Waals surface area contributed by atoms with Gasteiger partial charge >= 0.3 is 5.97 Å². The van der Waals surface area contributed by atoms with Gasteiger partial charge in [0, 0.05) is 6.26 Å². The third kappa shape index (κ3) is 2.82. The van der Waals surface area contributed by atoms with E-state index in [1.165, 1.54) is 12.1 Å². The van der Waals surface area contributed by atoms with Crippen molar-refractivity contribution in [1.29, 1.82) is 0 Å². The van der Waals surface area contributed by atoms with Gasteiger partial charge in [-0.25, -0.2) is 8.42 Å². The van der Waals surface area contributed by atoms with Crippen LogP contribution >= 0.6 is 0 Å². The highest BCUT2D eigenvalue weighted by atomic mass is 32.2. The highest BCUT2D eigenvalue weighted by Crippen LogP contribution is 2.22. The van der Waals surface area contributed by atoms with Gasteiger partial charge in [-0.15, -0.1) is 0 Å². The number of hydrogen-bond donors (Lipinski definition) is 1. The minimum absolute atomic E-state index is 0.157. The fourth-order valence-electron chi connectivity index (χ4n) is 1.51. The van der Waals surface area contributed by atoms with Crippen LogP contribution in [-0.4, -0.2) is 25.7 Å². The smallest absolute Gasteiger partial charge is 0.310 e. The van der Waals surface area contributed by atoms with Gasteiger partial charge in [0.25, 0.3) is 0 Å². The maximum atomic E-state index is 11.3. The number of aliphatic carboxylic acids is 1. The Morgan fingerprint density at radius 1 is 1.44 bits per heavy atom. The maximum Gasteiger partial charge on any atom is 0.310 e. The summed E-state index contributed by atoms with van der Waals surface area (Å²) in [6.07, 6.45) is 1.54. The Bertz CT molecular complexity index is 490. The van der Waals surface area contributed by atoms with Crippen molar-refractivity contribution in [2.75, 3.05) is 6.26 Å². The molecular formula is C11H14O4S. The van der Waals surface area contributed by atoms with Crippen LogP contribution in [0.15, 0.2) is 29.2 Å². The molecule has 0 aromatic heterocycles. The van der Waals surface area contributed by atoms with Crippen molar-refractivity contribution < 1.29 is 18.3 Å². The van der Waals surface area contributed by atoms with Crippen LogP contribution in [0.2, 0.25) is 0 Å². The number of benzene rings is 1. The average Bonchev–Trinajstić information content (AvgIpc) is 2.17. The quantitative estimate of drug-likeness (QED) is 0.871. The first-order valence-electron chi connectivity index (χ1n) is 4.89. The summed E-state index contributed by atoms with van der Waals surface area (Å²) in [5, 5.41) is 8.97. The minimum Gasteiger partial charge on any atom is -0.481 e. The zero-order chi connectivity index (χ0) is 12.3. The summed E-state index contributed by atoms with van der Waals surface area (Å²) in [6, 6.07) is 6.10. The number of carboxylic acids is 1. The SMILES string of the molecule is CCC(C(=O)O)c1cccc(S(C)(=O)=O)c1. The molecule has 0 radical (unpaired) electrons. The van der Waals surface area contributed by atoms with Gasteiger partial charge in [-0.05, 0) is 24.1 Å². The second-order valence-electron chi connectivity index (χ2n) is 3.64. The molecule has 5 heteroatoms. The fourth-order valence-corrected chi connectivity index (χ4v) is 2.19. The van der Waals surface area contributed by atoms with E-state index in [0.717, 1.165) is 6.26 Å². The third-order valence-electron chi connectivity index (χ3n) is 2.39. The van der Waals surface area contributed by atoms with Gasteiger partial charge in [0.2, 0.25) is 0 Å². The Morgan fingerprint density at radius 3 is 2.50 bits per heavy atom. The molecule has 88 valence electrons. The third-order valence-corrected chi connectivity index (χ3v) is 3.51. The number of carbonyl (C=O) groups is 1. The molecule has 0 aliphatic heterocycles. The molecule has 16 heavy (non-hydrogen) atoms. The fraction of sp³-hybridized carbons (Fsp3) is 0.364. The van der Waals surface area contributed by atoms with Gasteiger partial charge in [0.05, 0.1) is 10.8 Å². The van der Waals surface area contributed by atoms with E-state index in [4.69, 9.17) is 5.11 Å². The molecule has 1 rings (SSSR count). The molecule has 1 atom stereocenters. The van der Waals surface area contributed by atoms with E-state index in [2.05, 4.69) is 0 Å². The van der Waals surface area contributed by atoms with Crippen LogP contribution in [0, 0.1) is 0 Å². The van der Waals surface area contributed by atoms with E-state index in [1.807, 2.05) is 0 Å². The predicted molar refractivity (Wildman–Crippen MR) is 60.2 cm³/mol. The summed E-state index contributed by atoms with van der Waals surface area (Å²) in [5.41, 5.74) is 0.526. The van der Waals surface area contributed by atoms with Crippen molar-refractivity contribution in [3.05, 3.63) is 29.8 Å². The van der Waals surface area contributed by atoms with Crippen LogP contribution in [-0.2, 0) is 14.6 Å². The second kappa shape index (κ2) is 4.65. The van der Waals surface area contributed by atoms with Crippen LogP contribution < -0.4 is 0 Å². The summed E-state index contributed by atoms with van der Waals surface area (Å²) < 4.78 is 22.6. The molecule has 0 amide bonds. The Hall–Kier alpha value is -1.36. The van der Waals surface area contributed by atoms with Crippen LogP contribution in [0.1, 0.15) is 24.8 Å². The number of carboxylic acid groups (broad SMARTS) is 1. The van der Waals surface area contributed by atoms with Crippen molar-refractivity contribution in [2.24, 2.45) is 0 Å². The summed E-state index contributed by atoms with van der Waals surface area (Å²) in [4.78, 5) is 11.1. The molecule has 1 unspecified atom stereocenters. The van der Waals surface area contributed by atoms with Gasteiger partial charge < -0.3 is 5.11 Å². The van der Waals surface area contributed by atoms with E-state index in [-0.39, 0.29) is 4.90 Å². The van der Waals surface area contributed by atoms with Crippen LogP contribution in [0.4, 0.5) is 0 Å². The zero-order valence-electron chi connectivity index (χ0n) is 9.17.